The summed E-state index contributed by atoms with van der Waals surface area (Å²) in [6.07, 6.45) is 7.93. The Labute approximate surface area is 137 Å². The molecule has 126 valence electrons. The number of piperidine rings is 2. The summed E-state index contributed by atoms with van der Waals surface area (Å²) in [4.78, 5) is 21.5. The molecule has 1 saturated carbocycles. The number of hydrogen-bond acceptors (Lipinski definition) is 5. The fourth-order valence-electron chi connectivity index (χ4n) is 3.74. The van der Waals surface area contributed by atoms with E-state index in [9.17, 15) is 4.79 Å². The quantitative estimate of drug-likeness (QED) is 0.851. The van der Waals surface area contributed by atoms with Crippen LogP contribution in [0, 0.1) is 5.92 Å². The van der Waals surface area contributed by atoms with Gasteiger partial charge in [-0.15, -0.1) is 0 Å². The van der Waals surface area contributed by atoms with Crippen LogP contribution in [-0.2, 0) is 11.3 Å². The van der Waals surface area contributed by atoms with Gasteiger partial charge in [0.25, 0.3) is 0 Å². The molecule has 1 aromatic rings. The van der Waals surface area contributed by atoms with Crippen molar-refractivity contribution in [3.8, 4) is 0 Å². The fraction of sp³-hybridized carbons (Fsp3) is 0.824. The molecule has 1 amide bonds. The third kappa shape index (κ3) is 3.57. The number of rotatable bonds is 4. The predicted octanol–water partition coefficient (Wildman–Crippen LogP) is 2.17. The van der Waals surface area contributed by atoms with Crippen LogP contribution in [-0.4, -0.2) is 52.0 Å². The highest BCUT2D eigenvalue weighted by molar-refractivity contribution is 5.79. The first kappa shape index (κ1) is 15.1. The number of hydrogen-bond donors (Lipinski definition) is 0. The number of nitrogens with zero attached hydrogens (tertiary/aromatic N) is 4. The molecule has 0 atom stereocenters. The van der Waals surface area contributed by atoms with Gasteiger partial charge >= 0.3 is 0 Å². The van der Waals surface area contributed by atoms with Crippen molar-refractivity contribution < 1.29 is 9.32 Å². The Morgan fingerprint density at radius 3 is 2.48 bits per heavy atom. The van der Waals surface area contributed by atoms with E-state index in [2.05, 4.69) is 19.9 Å². The summed E-state index contributed by atoms with van der Waals surface area (Å²) < 4.78 is 5.36. The molecule has 0 bridgehead atoms. The van der Waals surface area contributed by atoms with Crippen LogP contribution in [0.3, 0.4) is 0 Å². The van der Waals surface area contributed by atoms with E-state index in [0.717, 1.165) is 57.3 Å². The van der Waals surface area contributed by atoms with Crippen LogP contribution >= 0.6 is 0 Å². The molecule has 4 rings (SSSR count). The van der Waals surface area contributed by atoms with Crippen molar-refractivity contribution >= 4 is 5.91 Å². The van der Waals surface area contributed by atoms with Crippen LogP contribution in [0.2, 0.25) is 0 Å². The molecular weight excluding hydrogens is 292 g/mol. The van der Waals surface area contributed by atoms with Crippen LogP contribution < -0.4 is 0 Å². The monoisotopic (exact) mass is 318 g/mol. The van der Waals surface area contributed by atoms with E-state index >= 15 is 0 Å². The van der Waals surface area contributed by atoms with Crippen molar-refractivity contribution in [2.24, 2.45) is 5.92 Å². The number of amides is 1. The number of aromatic nitrogens is 2. The first-order valence-corrected chi connectivity index (χ1v) is 9.13. The summed E-state index contributed by atoms with van der Waals surface area (Å²) in [5.74, 6) is 2.76. The molecular formula is C17H26N4O2. The van der Waals surface area contributed by atoms with Gasteiger partial charge in [0.2, 0.25) is 11.8 Å². The van der Waals surface area contributed by atoms with E-state index in [-0.39, 0.29) is 5.92 Å². The molecule has 1 aromatic heterocycles. The molecule has 0 unspecified atom stereocenters. The van der Waals surface area contributed by atoms with Crippen molar-refractivity contribution in [2.45, 2.75) is 57.4 Å². The van der Waals surface area contributed by atoms with Crippen LogP contribution in [0.5, 0.6) is 0 Å². The lowest BCUT2D eigenvalue weighted by molar-refractivity contribution is -0.138. The largest absolute Gasteiger partial charge is 0.342 e. The molecule has 6 nitrogen and oxygen atoms in total. The lowest BCUT2D eigenvalue weighted by Crippen LogP contribution is -2.44. The van der Waals surface area contributed by atoms with Gasteiger partial charge in [-0.2, -0.15) is 4.98 Å². The summed E-state index contributed by atoms with van der Waals surface area (Å²) in [5, 5.41) is 4.07. The Morgan fingerprint density at radius 2 is 1.78 bits per heavy atom. The average Bonchev–Trinajstić information content (AvgIpc) is 3.36. The zero-order valence-electron chi connectivity index (χ0n) is 13.7. The standard InChI is InChI=1S/C17H26N4O2/c22-17(21-8-2-1-3-9-21)14-6-10-20(11-7-14)12-15-18-16(19-23-15)13-4-5-13/h13-14H,1-12H2. The minimum atomic E-state index is 0.217. The van der Waals surface area contributed by atoms with Crippen LogP contribution in [0.25, 0.3) is 0 Å². The molecule has 0 aromatic carbocycles. The molecule has 3 fully saturated rings. The SMILES string of the molecule is O=C(C1CCN(Cc2nc(C3CC3)no2)CC1)N1CCCCC1. The molecule has 0 N–H and O–H groups in total. The van der Waals surface area contributed by atoms with Crippen LogP contribution in [0.1, 0.15) is 62.6 Å². The number of carbonyl (C=O) groups excluding carboxylic acids is 1. The van der Waals surface area contributed by atoms with Crippen molar-refractivity contribution in [1.82, 2.24) is 19.9 Å². The first-order chi connectivity index (χ1) is 11.3. The van der Waals surface area contributed by atoms with Gasteiger partial charge in [0.05, 0.1) is 6.54 Å². The lowest BCUT2D eigenvalue weighted by Gasteiger charge is -2.35. The highest BCUT2D eigenvalue weighted by Crippen LogP contribution is 2.38. The topological polar surface area (TPSA) is 62.5 Å². The summed E-state index contributed by atoms with van der Waals surface area (Å²) in [6, 6.07) is 0. The maximum Gasteiger partial charge on any atom is 0.240 e. The van der Waals surface area contributed by atoms with Crippen molar-refractivity contribution in [2.75, 3.05) is 26.2 Å². The Morgan fingerprint density at radius 1 is 1.04 bits per heavy atom. The van der Waals surface area contributed by atoms with E-state index in [0.29, 0.717) is 11.8 Å². The van der Waals surface area contributed by atoms with E-state index < -0.39 is 0 Å². The second kappa shape index (κ2) is 6.59. The number of likely N-dealkylation sites (tertiary alicyclic amines) is 2. The molecule has 3 heterocycles. The van der Waals surface area contributed by atoms with Gasteiger partial charge in [0.15, 0.2) is 5.82 Å². The highest BCUT2D eigenvalue weighted by Gasteiger charge is 2.31. The lowest BCUT2D eigenvalue weighted by atomic mass is 9.94. The second-order valence-corrected chi connectivity index (χ2v) is 7.26. The van der Waals surface area contributed by atoms with Gasteiger partial charge in [0.1, 0.15) is 0 Å². The van der Waals surface area contributed by atoms with Gasteiger partial charge in [-0.3, -0.25) is 9.69 Å². The molecule has 0 radical (unpaired) electrons. The predicted molar refractivity (Wildman–Crippen MR) is 84.7 cm³/mol. The van der Waals surface area contributed by atoms with Crippen molar-refractivity contribution in [3.63, 3.8) is 0 Å². The van der Waals surface area contributed by atoms with Crippen molar-refractivity contribution in [3.05, 3.63) is 11.7 Å². The van der Waals surface area contributed by atoms with E-state index in [1.807, 2.05) is 0 Å². The van der Waals surface area contributed by atoms with Gasteiger partial charge in [-0.05, 0) is 58.0 Å². The van der Waals surface area contributed by atoms with E-state index in [4.69, 9.17) is 4.52 Å². The fourth-order valence-corrected chi connectivity index (χ4v) is 3.74. The smallest absolute Gasteiger partial charge is 0.240 e. The third-order valence-electron chi connectivity index (χ3n) is 5.39. The Bertz CT molecular complexity index is 541. The molecule has 2 aliphatic heterocycles. The minimum absolute atomic E-state index is 0.217. The molecule has 6 heteroatoms. The van der Waals surface area contributed by atoms with Gasteiger partial charge in [-0.1, -0.05) is 5.16 Å². The Kier molecular flexibility index (Phi) is 4.33. The summed E-state index contributed by atoms with van der Waals surface area (Å²) in [5.41, 5.74) is 0. The molecule has 1 aliphatic carbocycles. The van der Waals surface area contributed by atoms with Gasteiger partial charge < -0.3 is 9.42 Å². The normalized spacial score (nSPS) is 24.1. The maximum absolute atomic E-state index is 12.6. The summed E-state index contributed by atoms with van der Waals surface area (Å²) >= 11 is 0. The minimum Gasteiger partial charge on any atom is -0.342 e. The summed E-state index contributed by atoms with van der Waals surface area (Å²) in [6.45, 7) is 4.55. The summed E-state index contributed by atoms with van der Waals surface area (Å²) in [7, 11) is 0. The van der Waals surface area contributed by atoms with E-state index in [1.165, 1.54) is 32.1 Å². The molecule has 2 saturated heterocycles. The molecule has 0 spiro atoms. The first-order valence-electron chi connectivity index (χ1n) is 9.13. The highest BCUT2D eigenvalue weighted by atomic mass is 16.5. The second-order valence-electron chi connectivity index (χ2n) is 7.26. The van der Waals surface area contributed by atoms with Gasteiger partial charge in [-0.25, -0.2) is 0 Å². The van der Waals surface area contributed by atoms with Crippen LogP contribution in [0.4, 0.5) is 0 Å². The van der Waals surface area contributed by atoms with E-state index in [1.54, 1.807) is 0 Å². The van der Waals surface area contributed by atoms with Gasteiger partial charge in [0, 0.05) is 24.9 Å². The average molecular weight is 318 g/mol. The molecule has 3 aliphatic rings. The zero-order valence-corrected chi connectivity index (χ0v) is 13.7. The maximum atomic E-state index is 12.6. The van der Waals surface area contributed by atoms with Crippen molar-refractivity contribution in [1.29, 1.82) is 0 Å². The zero-order chi connectivity index (χ0) is 15.6. The number of carbonyl (C=O) groups is 1. The Hall–Kier alpha value is -1.43. The third-order valence-corrected chi connectivity index (χ3v) is 5.39. The molecule has 23 heavy (non-hydrogen) atoms. The van der Waals surface area contributed by atoms with Crippen LogP contribution in [0.15, 0.2) is 4.52 Å². The Balaban J connectivity index is 1.25.